The number of imidazole rings is 1. The Morgan fingerprint density at radius 3 is 2.48 bits per heavy atom. The van der Waals surface area contributed by atoms with Crippen molar-refractivity contribution in [1.82, 2.24) is 19.4 Å². The summed E-state index contributed by atoms with van der Waals surface area (Å²) in [6.07, 6.45) is 10.6. The third kappa shape index (κ3) is 4.55. The Balaban J connectivity index is 1.43. The van der Waals surface area contributed by atoms with Crippen molar-refractivity contribution in [3.63, 3.8) is 0 Å². The molecular formula is C19H32N4O3S. The molecule has 2 saturated heterocycles. The fourth-order valence-corrected chi connectivity index (χ4v) is 5.62. The summed E-state index contributed by atoms with van der Waals surface area (Å²) in [6.45, 7) is 6.41. The molecule has 8 heteroatoms. The Morgan fingerprint density at radius 2 is 1.85 bits per heavy atom. The average molecular weight is 397 g/mol. The maximum Gasteiger partial charge on any atom is 0.227 e. The van der Waals surface area contributed by atoms with Crippen molar-refractivity contribution in [1.29, 1.82) is 0 Å². The first-order chi connectivity index (χ1) is 13.0. The minimum atomic E-state index is -3.35. The second-order valence-corrected chi connectivity index (χ2v) is 10.2. The van der Waals surface area contributed by atoms with Gasteiger partial charge in [0.05, 0.1) is 24.5 Å². The lowest BCUT2D eigenvalue weighted by Crippen LogP contribution is -2.49. The average Bonchev–Trinajstić information content (AvgIpc) is 3.38. The number of piperazine rings is 1. The fourth-order valence-electron chi connectivity index (χ4n) is 4.79. The van der Waals surface area contributed by atoms with E-state index < -0.39 is 9.84 Å². The van der Waals surface area contributed by atoms with Crippen LogP contribution in [-0.4, -0.2) is 79.0 Å². The van der Waals surface area contributed by atoms with E-state index in [4.69, 9.17) is 4.74 Å². The SMILES string of the molecule is CS(=O)(=O)c1ncc(CN2CCN(C3CCCC3)CC2)n1C[C@H]1CCCO1. The lowest BCUT2D eigenvalue weighted by molar-refractivity contribution is 0.0847. The monoisotopic (exact) mass is 396 g/mol. The zero-order valence-electron chi connectivity index (χ0n) is 16.3. The molecule has 0 bridgehead atoms. The van der Waals surface area contributed by atoms with Gasteiger partial charge >= 0.3 is 0 Å². The van der Waals surface area contributed by atoms with Crippen LogP contribution in [0.4, 0.5) is 0 Å². The van der Waals surface area contributed by atoms with Crippen molar-refractivity contribution in [3.8, 4) is 0 Å². The zero-order chi connectivity index (χ0) is 18.9. The van der Waals surface area contributed by atoms with E-state index in [-0.39, 0.29) is 11.3 Å². The summed E-state index contributed by atoms with van der Waals surface area (Å²) in [4.78, 5) is 9.33. The molecule has 0 aromatic carbocycles. The second-order valence-electron chi connectivity index (χ2n) is 8.30. The van der Waals surface area contributed by atoms with Gasteiger partial charge < -0.3 is 9.30 Å². The molecular weight excluding hydrogens is 364 g/mol. The van der Waals surface area contributed by atoms with Crippen LogP contribution >= 0.6 is 0 Å². The molecule has 0 amide bonds. The molecule has 0 unspecified atom stereocenters. The number of hydrogen-bond donors (Lipinski definition) is 0. The highest BCUT2D eigenvalue weighted by molar-refractivity contribution is 7.90. The van der Waals surface area contributed by atoms with Crippen LogP contribution in [-0.2, 0) is 27.7 Å². The lowest BCUT2D eigenvalue weighted by atomic mass is 10.2. The van der Waals surface area contributed by atoms with Crippen molar-refractivity contribution in [3.05, 3.63) is 11.9 Å². The summed E-state index contributed by atoms with van der Waals surface area (Å²) in [6, 6.07) is 0.786. The van der Waals surface area contributed by atoms with Crippen LogP contribution in [0.5, 0.6) is 0 Å². The fraction of sp³-hybridized carbons (Fsp3) is 0.842. The molecule has 0 N–H and O–H groups in total. The normalized spacial score (nSPS) is 26.2. The molecule has 152 valence electrons. The third-order valence-electron chi connectivity index (χ3n) is 6.28. The number of nitrogens with zero attached hydrogens (tertiary/aromatic N) is 4. The van der Waals surface area contributed by atoms with Gasteiger partial charge in [-0.3, -0.25) is 9.80 Å². The number of aromatic nitrogens is 2. The standard InChI is InChI=1S/C19H32N4O3S/c1-27(24,25)19-20-13-17(23(19)15-18-7-4-12-26-18)14-21-8-10-22(11-9-21)16-5-2-3-6-16/h13,16,18H,2-12,14-15H2,1H3/t18-/m1/s1. The van der Waals surface area contributed by atoms with E-state index in [2.05, 4.69) is 14.8 Å². The van der Waals surface area contributed by atoms with E-state index in [0.717, 1.165) is 63.9 Å². The van der Waals surface area contributed by atoms with Crippen LogP contribution in [0.15, 0.2) is 11.4 Å². The van der Waals surface area contributed by atoms with E-state index in [0.29, 0.717) is 6.54 Å². The number of sulfone groups is 1. The van der Waals surface area contributed by atoms with E-state index >= 15 is 0 Å². The maximum atomic E-state index is 12.2. The second kappa shape index (κ2) is 8.19. The van der Waals surface area contributed by atoms with Gasteiger partial charge in [-0.15, -0.1) is 0 Å². The van der Waals surface area contributed by atoms with Crippen LogP contribution in [0.1, 0.15) is 44.2 Å². The Hall–Kier alpha value is -0.960. The van der Waals surface area contributed by atoms with Crippen molar-refractivity contribution in [2.75, 3.05) is 39.0 Å². The smallest absolute Gasteiger partial charge is 0.227 e. The van der Waals surface area contributed by atoms with Crippen LogP contribution in [0, 0.1) is 0 Å². The molecule has 1 aromatic rings. The molecule has 1 aliphatic carbocycles. The Morgan fingerprint density at radius 1 is 1.11 bits per heavy atom. The van der Waals surface area contributed by atoms with Crippen molar-refractivity contribution >= 4 is 9.84 Å². The van der Waals surface area contributed by atoms with Crippen LogP contribution in [0.25, 0.3) is 0 Å². The number of rotatable bonds is 6. The first-order valence-corrected chi connectivity index (χ1v) is 12.2. The van der Waals surface area contributed by atoms with Crippen molar-refractivity contribution < 1.29 is 13.2 Å². The molecule has 1 atom stereocenters. The molecule has 7 nitrogen and oxygen atoms in total. The minimum Gasteiger partial charge on any atom is -0.376 e. The topological polar surface area (TPSA) is 67.7 Å². The van der Waals surface area contributed by atoms with Gasteiger partial charge in [-0.1, -0.05) is 12.8 Å². The Labute approximate surface area is 162 Å². The van der Waals surface area contributed by atoms with Gasteiger partial charge in [-0.25, -0.2) is 13.4 Å². The van der Waals surface area contributed by atoms with Gasteiger partial charge in [0.1, 0.15) is 0 Å². The van der Waals surface area contributed by atoms with E-state index in [1.807, 2.05) is 4.57 Å². The zero-order valence-corrected chi connectivity index (χ0v) is 17.2. The first-order valence-electron chi connectivity index (χ1n) is 10.3. The summed E-state index contributed by atoms with van der Waals surface area (Å²) >= 11 is 0. The Kier molecular flexibility index (Phi) is 5.87. The largest absolute Gasteiger partial charge is 0.376 e. The number of hydrogen-bond acceptors (Lipinski definition) is 6. The third-order valence-corrected chi connectivity index (χ3v) is 7.27. The molecule has 3 heterocycles. The molecule has 1 saturated carbocycles. The van der Waals surface area contributed by atoms with E-state index in [1.54, 1.807) is 6.20 Å². The Bertz CT molecular complexity index is 728. The van der Waals surface area contributed by atoms with Crippen molar-refractivity contribution in [2.45, 2.75) is 68.9 Å². The van der Waals surface area contributed by atoms with Gasteiger partial charge in [-0.2, -0.15) is 0 Å². The highest BCUT2D eigenvalue weighted by atomic mass is 32.2. The molecule has 2 aliphatic heterocycles. The summed E-state index contributed by atoms with van der Waals surface area (Å²) < 4.78 is 32.0. The maximum absolute atomic E-state index is 12.2. The predicted molar refractivity (Wildman–Crippen MR) is 103 cm³/mol. The first kappa shape index (κ1) is 19.4. The van der Waals surface area contributed by atoms with Gasteiger partial charge in [-0.05, 0) is 25.7 Å². The van der Waals surface area contributed by atoms with Crippen LogP contribution in [0.2, 0.25) is 0 Å². The van der Waals surface area contributed by atoms with Crippen LogP contribution in [0.3, 0.4) is 0 Å². The van der Waals surface area contributed by atoms with Gasteiger partial charge in [0.25, 0.3) is 0 Å². The van der Waals surface area contributed by atoms with E-state index in [1.165, 1.54) is 31.9 Å². The summed E-state index contributed by atoms with van der Waals surface area (Å²) in [5, 5.41) is 0.178. The highest BCUT2D eigenvalue weighted by Crippen LogP contribution is 2.25. The van der Waals surface area contributed by atoms with Crippen LogP contribution < -0.4 is 0 Å². The molecule has 27 heavy (non-hydrogen) atoms. The van der Waals surface area contributed by atoms with Crippen molar-refractivity contribution in [2.24, 2.45) is 0 Å². The highest BCUT2D eigenvalue weighted by Gasteiger charge is 2.28. The molecule has 0 radical (unpaired) electrons. The predicted octanol–water partition coefficient (Wildman–Crippen LogP) is 1.53. The molecule has 0 spiro atoms. The van der Waals surface area contributed by atoms with Gasteiger partial charge in [0.2, 0.25) is 15.0 Å². The number of ether oxygens (including phenoxy) is 1. The molecule has 4 rings (SSSR count). The molecule has 3 aliphatic rings. The molecule has 1 aromatic heterocycles. The summed E-state index contributed by atoms with van der Waals surface area (Å²) in [5.41, 5.74) is 0.986. The quantitative estimate of drug-likeness (QED) is 0.726. The molecule has 3 fully saturated rings. The summed E-state index contributed by atoms with van der Waals surface area (Å²) in [5.74, 6) is 0. The summed E-state index contributed by atoms with van der Waals surface area (Å²) in [7, 11) is -3.35. The van der Waals surface area contributed by atoms with E-state index in [9.17, 15) is 8.42 Å². The van der Waals surface area contributed by atoms with Gasteiger partial charge in [0, 0.05) is 51.6 Å². The minimum absolute atomic E-state index is 0.0951. The lowest BCUT2D eigenvalue weighted by Gasteiger charge is -2.38. The van der Waals surface area contributed by atoms with Gasteiger partial charge in [0.15, 0.2) is 0 Å².